The van der Waals surface area contributed by atoms with E-state index in [0.717, 1.165) is 26.9 Å². The normalized spacial score (nSPS) is 10.5. The van der Waals surface area contributed by atoms with E-state index in [1.165, 1.54) is 5.56 Å². The fourth-order valence-corrected chi connectivity index (χ4v) is 2.65. The molecule has 1 aromatic carbocycles. The lowest BCUT2D eigenvalue weighted by Gasteiger charge is -2.15. The summed E-state index contributed by atoms with van der Waals surface area (Å²) in [5.74, 6) is 1.92. The molecule has 2 aromatic rings. The summed E-state index contributed by atoms with van der Waals surface area (Å²) >= 11 is 3.51. The summed E-state index contributed by atoms with van der Waals surface area (Å²) in [6.45, 7) is 8.10. The summed E-state index contributed by atoms with van der Waals surface area (Å²) in [5.41, 5.74) is 4.40. The van der Waals surface area contributed by atoms with E-state index in [4.69, 9.17) is 9.47 Å². The van der Waals surface area contributed by atoms with Gasteiger partial charge >= 0.3 is 0 Å². The molecule has 0 unspecified atom stereocenters. The van der Waals surface area contributed by atoms with E-state index in [1.54, 1.807) is 13.3 Å². The van der Waals surface area contributed by atoms with Gasteiger partial charge in [0.2, 0.25) is 0 Å². The molecule has 0 aliphatic rings. The van der Waals surface area contributed by atoms with Crippen LogP contribution in [0.1, 0.15) is 22.3 Å². The van der Waals surface area contributed by atoms with Gasteiger partial charge in [-0.3, -0.25) is 0 Å². The van der Waals surface area contributed by atoms with Crippen molar-refractivity contribution >= 4 is 15.9 Å². The molecule has 0 aliphatic carbocycles. The van der Waals surface area contributed by atoms with Gasteiger partial charge in [-0.25, -0.2) is 4.98 Å². The van der Waals surface area contributed by atoms with Gasteiger partial charge in [0.1, 0.15) is 5.75 Å². The Morgan fingerprint density at radius 1 is 0.950 bits per heavy atom. The summed E-state index contributed by atoms with van der Waals surface area (Å²) in [5, 5.41) is 0. The van der Waals surface area contributed by atoms with Crippen LogP contribution in [-0.2, 0) is 0 Å². The van der Waals surface area contributed by atoms with Crippen molar-refractivity contribution in [2.45, 2.75) is 27.7 Å². The minimum Gasteiger partial charge on any atom is -0.490 e. The van der Waals surface area contributed by atoms with Crippen molar-refractivity contribution < 1.29 is 9.47 Å². The van der Waals surface area contributed by atoms with Gasteiger partial charge in [-0.05, 0) is 60.3 Å². The highest BCUT2D eigenvalue weighted by atomic mass is 79.9. The molecule has 20 heavy (non-hydrogen) atoms. The number of aromatic nitrogens is 1. The third-order valence-electron chi connectivity index (χ3n) is 3.12. The van der Waals surface area contributed by atoms with Crippen molar-refractivity contribution in [2.75, 3.05) is 7.11 Å². The van der Waals surface area contributed by atoms with Crippen LogP contribution in [0.15, 0.2) is 22.8 Å². The second kappa shape index (κ2) is 5.83. The molecule has 0 N–H and O–H groups in total. The Morgan fingerprint density at radius 2 is 1.55 bits per heavy atom. The SMILES string of the molecule is COc1c(Oc2c(C)cc(C)cc2C)ncc(C)c1Br. The molecule has 0 saturated carbocycles. The minimum atomic E-state index is 0.472. The van der Waals surface area contributed by atoms with E-state index in [1.807, 2.05) is 20.8 Å². The van der Waals surface area contributed by atoms with Crippen molar-refractivity contribution in [3.63, 3.8) is 0 Å². The largest absolute Gasteiger partial charge is 0.490 e. The first kappa shape index (κ1) is 14.9. The highest BCUT2D eigenvalue weighted by molar-refractivity contribution is 9.10. The first-order valence-corrected chi connectivity index (χ1v) is 7.18. The predicted molar refractivity (Wildman–Crippen MR) is 84.0 cm³/mol. The molecule has 0 saturated heterocycles. The maximum absolute atomic E-state index is 5.99. The molecule has 3 nitrogen and oxygen atoms in total. The number of methoxy groups -OCH3 is 1. The van der Waals surface area contributed by atoms with Crippen LogP contribution < -0.4 is 9.47 Å². The highest BCUT2D eigenvalue weighted by Crippen LogP contribution is 2.39. The van der Waals surface area contributed by atoms with Gasteiger partial charge in [-0.15, -0.1) is 0 Å². The van der Waals surface area contributed by atoms with E-state index in [2.05, 4.69) is 40.0 Å². The monoisotopic (exact) mass is 335 g/mol. The number of hydrogen-bond acceptors (Lipinski definition) is 3. The third-order valence-corrected chi connectivity index (χ3v) is 4.11. The van der Waals surface area contributed by atoms with Gasteiger partial charge in [0.25, 0.3) is 5.88 Å². The average Bonchev–Trinajstić information content (AvgIpc) is 2.38. The molecule has 0 atom stereocenters. The molecule has 0 bridgehead atoms. The summed E-state index contributed by atoms with van der Waals surface area (Å²) in [4.78, 5) is 4.33. The lowest BCUT2D eigenvalue weighted by Crippen LogP contribution is -1.98. The van der Waals surface area contributed by atoms with Crippen LogP contribution in [0.5, 0.6) is 17.4 Å². The Kier molecular flexibility index (Phi) is 4.33. The van der Waals surface area contributed by atoms with Gasteiger partial charge < -0.3 is 9.47 Å². The van der Waals surface area contributed by atoms with E-state index >= 15 is 0 Å². The van der Waals surface area contributed by atoms with Crippen molar-refractivity contribution in [2.24, 2.45) is 0 Å². The molecule has 4 heteroatoms. The van der Waals surface area contributed by atoms with Gasteiger partial charge in [0.05, 0.1) is 11.6 Å². The molecule has 1 aromatic heterocycles. The fourth-order valence-electron chi connectivity index (χ4n) is 2.22. The van der Waals surface area contributed by atoms with Crippen molar-refractivity contribution in [3.8, 4) is 17.4 Å². The maximum atomic E-state index is 5.99. The Labute approximate surface area is 128 Å². The lowest BCUT2D eigenvalue weighted by atomic mass is 10.1. The second-order valence-electron chi connectivity index (χ2n) is 4.92. The van der Waals surface area contributed by atoms with Gasteiger partial charge in [-0.1, -0.05) is 17.7 Å². The van der Waals surface area contributed by atoms with Gasteiger partial charge in [-0.2, -0.15) is 0 Å². The molecule has 0 radical (unpaired) electrons. The number of pyridine rings is 1. The molecule has 0 fully saturated rings. The number of ether oxygens (including phenoxy) is 2. The standard InChI is InChI=1S/C16H18BrNO2/c1-9-6-10(2)14(11(3)7-9)20-16-15(19-5)13(17)12(4)8-18-16/h6-8H,1-5H3. The Bertz CT molecular complexity index is 630. The summed E-state index contributed by atoms with van der Waals surface area (Å²) < 4.78 is 12.3. The fraction of sp³-hybridized carbons (Fsp3) is 0.312. The molecule has 106 valence electrons. The quantitative estimate of drug-likeness (QED) is 0.801. The maximum Gasteiger partial charge on any atom is 0.263 e. The van der Waals surface area contributed by atoms with Crippen LogP contribution >= 0.6 is 15.9 Å². The molecule has 2 rings (SSSR count). The number of aryl methyl sites for hydroxylation is 4. The van der Waals surface area contributed by atoms with Crippen molar-refractivity contribution in [1.82, 2.24) is 4.98 Å². The van der Waals surface area contributed by atoms with Crippen LogP contribution in [0.3, 0.4) is 0 Å². The molecule has 1 heterocycles. The summed E-state index contributed by atoms with van der Waals surface area (Å²) in [6.07, 6.45) is 1.76. The zero-order valence-corrected chi connectivity index (χ0v) is 14.0. The van der Waals surface area contributed by atoms with Gasteiger partial charge in [0, 0.05) is 6.20 Å². The van der Waals surface area contributed by atoms with Crippen molar-refractivity contribution in [1.29, 1.82) is 0 Å². The molecule has 0 amide bonds. The van der Waals surface area contributed by atoms with E-state index < -0.39 is 0 Å². The van der Waals surface area contributed by atoms with E-state index in [-0.39, 0.29) is 0 Å². The smallest absolute Gasteiger partial charge is 0.263 e. The zero-order valence-electron chi connectivity index (χ0n) is 12.4. The van der Waals surface area contributed by atoms with Crippen LogP contribution in [0.2, 0.25) is 0 Å². The Hall–Kier alpha value is -1.55. The Morgan fingerprint density at radius 3 is 2.10 bits per heavy atom. The Balaban J connectivity index is 2.48. The van der Waals surface area contributed by atoms with Crippen molar-refractivity contribution in [3.05, 3.63) is 45.1 Å². The number of halogens is 1. The van der Waals surface area contributed by atoms with Gasteiger partial charge in [0.15, 0.2) is 5.75 Å². The highest BCUT2D eigenvalue weighted by Gasteiger charge is 2.15. The average molecular weight is 336 g/mol. The first-order chi connectivity index (χ1) is 9.43. The minimum absolute atomic E-state index is 0.472. The summed E-state index contributed by atoms with van der Waals surface area (Å²) in [6, 6.07) is 4.19. The van der Waals surface area contributed by atoms with Crippen LogP contribution in [0, 0.1) is 27.7 Å². The number of hydrogen-bond donors (Lipinski definition) is 0. The number of nitrogens with zero attached hydrogens (tertiary/aromatic N) is 1. The molecular formula is C16H18BrNO2. The third kappa shape index (κ3) is 2.80. The molecular weight excluding hydrogens is 318 g/mol. The topological polar surface area (TPSA) is 31.4 Å². The molecule has 0 aliphatic heterocycles. The predicted octanol–water partition coefficient (Wildman–Crippen LogP) is 4.88. The zero-order chi connectivity index (χ0) is 14.9. The van der Waals surface area contributed by atoms with E-state index in [0.29, 0.717) is 11.6 Å². The number of benzene rings is 1. The van der Waals surface area contributed by atoms with E-state index in [9.17, 15) is 0 Å². The number of rotatable bonds is 3. The lowest BCUT2D eigenvalue weighted by molar-refractivity contribution is 0.365. The van der Waals surface area contributed by atoms with Crippen LogP contribution in [0.4, 0.5) is 0 Å². The summed E-state index contributed by atoms with van der Waals surface area (Å²) in [7, 11) is 1.61. The molecule has 0 spiro atoms. The van der Waals surface area contributed by atoms with Crippen LogP contribution in [-0.4, -0.2) is 12.1 Å². The second-order valence-corrected chi connectivity index (χ2v) is 5.72. The first-order valence-electron chi connectivity index (χ1n) is 6.38. The van der Waals surface area contributed by atoms with Crippen LogP contribution in [0.25, 0.3) is 0 Å².